The summed E-state index contributed by atoms with van der Waals surface area (Å²) < 4.78 is 0. The Balaban J connectivity index is 2.15. The minimum atomic E-state index is -0.194. The molecule has 1 N–H and O–H groups in total. The molecule has 2 aromatic rings. The van der Waals surface area contributed by atoms with Gasteiger partial charge in [-0.05, 0) is 37.1 Å². The van der Waals surface area contributed by atoms with E-state index in [1.165, 1.54) is 0 Å². The second-order valence-corrected chi connectivity index (χ2v) is 5.16. The van der Waals surface area contributed by atoms with Crippen LogP contribution < -0.4 is 5.32 Å². The third-order valence-corrected chi connectivity index (χ3v) is 3.32. The Hall–Kier alpha value is -1.65. The van der Waals surface area contributed by atoms with Crippen LogP contribution in [0.3, 0.4) is 0 Å². The lowest BCUT2D eigenvalue weighted by Gasteiger charge is -2.10. The number of pyridine rings is 2. The number of hydrogen-bond acceptors (Lipinski definition) is 3. The van der Waals surface area contributed by atoms with Gasteiger partial charge in [-0.2, -0.15) is 0 Å². The summed E-state index contributed by atoms with van der Waals surface area (Å²) in [7, 11) is 0. The van der Waals surface area contributed by atoms with E-state index in [2.05, 4.69) is 15.3 Å². The fourth-order valence-corrected chi connectivity index (χ4v) is 2.36. The number of carbonyl (C=O) groups is 1. The van der Waals surface area contributed by atoms with Gasteiger partial charge in [0, 0.05) is 6.20 Å². The number of amides is 1. The van der Waals surface area contributed by atoms with Gasteiger partial charge in [0.15, 0.2) is 5.15 Å². The maximum Gasteiger partial charge on any atom is 0.230 e. The average molecular weight is 310 g/mol. The van der Waals surface area contributed by atoms with Crippen LogP contribution in [0.25, 0.3) is 0 Å². The number of rotatable bonds is 3. The van der Waals surface area contributed by atoms with Gasteiger partial charge >= 0.3 is 0 Å². The number of anilines is 1. The minimum absolute atomic E-state index is 0.182. The molecule has 0 atom stereocenters. The van der Waals surface area contributed by atoms with E-state index in [9.17, 15) is 4.79 Å². The standard InChI is InChI=1S/C14H13Cl2N3O/c1-8-4-3-5-17-10(8)7-12(20)19-13-9(2)6-11(15)18-14(13)16/h3-6H,7H2,1-2H3,(H,19,20). The molecule has 0 aliphatic rings. The van der Waals surface area contributed by atoms with Gasteiger partial charge in [-0.1, -0.05) is 29.3 Å². The SMILES string of the molecule is Cc1cccnc1CC(=O)Nc1c(C)cc(Cl)nc1Cl. The summed E-state index contributed by atoms with van der Waals surface area (Å²) in [6.07, 6.45) is 1.85. The highest BCUT2D eigenvalue weighted by Gasteiger charge is 2.13. The predicted octanol–water partition coefficient (Wildman–Crippen LogP) is 3.58. The fourth-order valence-electron chi connectivity index (χ4n) is 1.78. The molecule has 0 fully saturated rings. The van der Waals surface area contributed by atoms with E-state index < -0.39 is 0 Å². The monoisotopic (exact) mass is 309 g/mol. The molecule has 20 heavy (non-hydrogen) atoms. The summed E-state index contributed by atoms with van der Waals surface area (Å²) >= 11 is 11.8. The van der Waals surface area contributed by atoms with Gasteiger partial charge in [0.2, 0.25) is 5.91 Å². The summed E-state index contributed by atoms with van der Waals surface area (Å²) in [6, 6.07) is 5.40. The molecular weight excluding hydrogens is 297 g/mol. The first-order chi connectivity index (χ1) is 9.47. The summed E-state index contributed by atoms with van der Waals surface area (Å²) in [6.45, 7) is 3.72. The lowest BCUT2D eigenvalue weighted by atomic mass is 10.1. The molecule has 0 radical (unpaired) electrons. The molecule has 6 heteroatoms. The summed E-state index contributed by atoms with van der Waals surface area (Å²) in [4.78, 5) is 20.2. The quantitative estimate of drug-likeness (QED) is 0.882. The molecule has 0 saturated heterocycles. The van der Waals surface area contributed by atoms with Crippen LogP contribution in [0, 0.1) is 13.8 Å². The Kier molecular flexibility index (Phi) is 4.57. The molecule has 1 amide bonds. The molecular formula is C14H13Cl2N3O. The predicted molar refractivity (Wildman–Crippen MR) is 80.3 cm³/mol. The second kappa shape index (κ2) is 6.20. The summed E-state index contributed by atoms with van der Waals surface area (Å²) in [5.74, 6) is -0.194. The Morgan fingerprint density at radius 3 is 2.70 bits per heavy atom. The molecule has 0 unspecified atom stereocenters. The van der Waals surface area contributed by atoms with Gasteiger partial charge in [0.05, 0.1) is 17.8 Å². The van der Waals surface area contributed by atoms with Crippen molar-refractivity contribution < 1.29 is 4.79 Å². The smallest absolute Gasteiger partial charge is 0.230 e. The first-order valence-corrected chi connectivity index (χ1v) is 6.76. The van der Waals surface area contributed by atoms with E-state index in [1.54, 1.807) is 19.2 Å². The van der Waals surface area contributed by atoms with Crippen molar-refractivity contribution >= 4 is 34.8 Å². The minimum Gasteiger partial charge on any atom is -0.323 e. The maximum atomic E-state index is 12.1. The van der Waals surface area contributed by atoms with Gasteiger partial charge < -0.3 is 5.32 Å². The largest absolute Gasteiger partial charge is 0.323 e. The van der Waals surface area contributed by atoms with Crippen LogP contribution in [0.1, 0.15) is 16.8 Å². The Labute approximate surface area is 127 Å². The number of nitrogens with zero attached hydrogens (tertiary/aromatic N) is 2. The van der Waals surface area contributed by atoms with Crippen molar-refractivity contribution in [2.24, 2.45) is 0 Å². The molecule has 0 spiro atoms. The number of aromatic nitrogens is 2. The second-order valence-electron chi connectivity index (χ2n) is 4.42. The third-order valence-electron chi connectivity index (χ3n) is 2.85. The van der Waals surface area contributed by atoms with Gasteiger partial charge in [-0.15, -0.1) is 0 Å². The van der Waals surface area contributed by atoms with E-state index in [4.69, 9.17) is 23.2 Å². The van der Waals surface area contributed by atoms with Crippen molar-refractivity contribution in [2.45, 2.75) is 20.3 Å². The number of hydrogen-bond donors (Lipinski definition) is 1. The van der Waals surface area contributed by atoms with Crippen LogP contribution >= 0.6 is 23.2 Å². The first kappa shape index (κ1) is 14.8. The molecule has 104 valence electrons. The number of aryl methyl sites for hydroxylation is 2. The van der Waals surface area contributed by atoms with E-state index in [-0.39, 0.29) is 17.5 Å². The van der Waals surface area contributed by atoms with E-state index >= 15 is 0 Å². The molecule has 0 bridgehead atoms. The van der Waals surface area contributed by atoms with Gasteiger partial charge in [0.25, 0.3) is 0 Å². The van der Waals surface area contributed by atoms with Gasteiger partial charge in [-0.3, -0.25) is 9.78 Å². The molecule has 0 aromatic carbocycles. The highest BCUT2D eigenvalue weighted by Crippen LogP contribution is 2.26. The maximum absolute atomic E-state index is 12.1. The number of nitrogens with one attached hydrogen (secondary N) is 1. The summed E-state index contributed by atoms with van der Waals surface area (Å²) in [5.41, 5.74) is 2.95. The lowest BCUT2D eigenvalue weighted by Crippen LogP contribution is -2.17. The molecule has 0 aliphatic heterocycles. The molecule has 0 aliphatic carbocycles. The number of halogens is 2. The Morgan fingerprint density at radius 1 is 1.30 bits per heavy atom. The van der Waals surface area contributed by atoms with E-state index in [0.717, 1.165) is 16.8 Å². The summed E-state index contributed by atoms with van der Waals surface area (Å²) in [5, 5.41) is 3.23. The normalized spacial score (nSPS) is 10.4. The van der Waals surface area contributed by atoms with Crippen LogP contribution in [0.15, 0.2) is 24.4 Å². The Bertz CT molecular complexity index is 636. The van der Waals surface area contributed by atoms with Crippen molar-refractivity contribution in [3.05, 3.63) is 51.5 Å². The van der Waals surface area contributed by atoms with Crippen LogP contribution in [0.5, 0.6) is 0 Å². The molecule has 0 saturated carbocycles. The molecule has 2 aromatic heterocycles. The zero-order chi connectivity index (χ0) is 14.7. The van der Waals surface area contributed by atoms with Crippen molar-refractivity contribution in [2.75, 3.05) is 5.32 Å². The zero-order valence-corrected chi connectivity index (χ0v) is 12.6. The van der Waals surface area contributed by atoms with E-state index in [0.29, 0.717) is 10.8 Å². The first-order valence-electron chi connectivity index (χ1n) is 6.00. The van der Waals surface area contributed by atoms with Crippen LogP contribution in [0.2, 0.25) is 10.3 Å². The van der Waals surface area contributed by atoms with Crippen molar-refractivity contribution in [1.29, 1.82) is 0 Å². The third kappa shape index (κ3) is 3.46. The van der Waals surface area contributed by atoms with Crippen LogP contribution in [-0.4, -0.2) is 15.9 Å². The average Bonchev–Trinajstić information content (AvgIpc) is 2.36. The fraction of sp³-hybridized carbons (Fsp3) is 0.214. The van der Waals surface area contributed by atoms with Crippen molar-refractivity contribution in [3.63, 3.8) is 0 Å². The molecule has 2 rings (SSSR count). The van der Waals surface area contributed by atoms with Crippen molar-refractivity contribution in [1.82, 2.24) is 9.97 Å². The lowest BCUT2D eigenvalue weighted by molar-refractivity contribution is -0.115. The van der Waals surface area contributed by atoms with Gasteiger partial charge in [-0.25, -0.2) is 4.98 Å². The van der Waals surface area contributed by atoms with Gasteiger partial charge in [0.1, 0.15) is 5.15 Å². The highest BCUT2D eigenvalue weighted by molar-refractivity contribution is 6.34. The zero-order valence-electron chi connectivity index (χ0n) is 11.1. The van der Waals surface area contributed by atoms with Crippen molar-refractivity contribution in [3.8, 4) is 0 Å². The number of carbonyl (C=O) groups excluding carboxylic acids is 1. The van der Waals surface area contributed by atoms with E-state index in [1.807, 2.05) is 19.1 Å². The molecule has 2 heterocycles. The van der Waals surface area contributed by atoms with Crippen LogP contribution in [0.4, 0.5) is 5.69 Å². The topological polar surface area (TPSA) is 54.9 Å². The Morgan fingerprint density at radius 2 is 2.05 bits per heavy atom. The van der Waals surface area contributed by atoms with Crippen LogP contribution in [-0.2, 0) is 11.2 Å². The molecule has 4 nitrogen and oxygen atoms in total. The highest BCUT2D eigenvalue weighted by atomic mass is 35.5.